The van der Waals surface area contributed by atoms with Crippen molar-refractivity contribution in [2.45, 2.75) is 19.4 Å². The van der Waals surface area contributed by atoms with Crippen LogP contribution in [0, 0.1) is 0 Å². The van der Waals surface area contributed by atoms with E-state index in [2.05, 4.69) is 20.7 Å². The van der Waals surface area contributed by atoms with E-state index in [9.17, 15) is 4.79 Å². The molecule has 2 aromatic carbocycles. The third kappa shape index (κ3) is 3.59. The van der Waals surface area contributed by atoms with E-state index in [-0.39, 0.29) is 5.91 Å². The van der Waals surface area contributed by atoms with Gasteiger partial charge in [-0.1, -0.05) is 29.8 Å². The van der Waals surface area contributed by atoms with Gasteiger partial charge in [0.05, 0.1) is 29.5 Å². The molecule has 1 aromatic heterocycles. The van der Waals surface area contributed by atoms with Crippen molar-refractivity contribution in [3.63, 3.8) is 0 Å². The van der Waals surface area contributed by atoms with Crippen LogP contribution in [0.1, 0.15) is 24.9 Å². The van der Waals surface area contributed by atoms with Crippen molar-refractivity contribution in [2.75, 3.05) is 23.8 Å². The monoisotopic (exact) mass is 437 g/mol. The average Bonchev–Trinajstić information content (AvgIpc) is 3.09. The first kappa shape index (κ1) is 19.4. The SMILES string of the molecule is CC1=C(C(=O)Nc2ccccc2Cl)C(c2ccc3c(c2)OCCCO3)n2ncnc2N1. The summed E-state index contributed by atoms with van der Waals surface area (Å²) in [7, 11) is 0. The number of hydrogen-bond acceptors (Lipinski definition) is 6. The molecule has 8 nitrogen and oxygen atoms in total. The van der Waals surface area contributed by atoms with Crippen LogP contribution in [0.25, 0.3) is 0 Å². The zero-order valence-corrected chi connectivity index (χ0v) is 17.5. The van der Waals surface area contributed by atoms with Gasteiger partial charge < -0.3 is 20.1 Å². The second-order valence-corrected chi connectivity index (χ2v) is 7.69. The number of rotatable bonds is 3. The zero-order chi connectivity index (χ0) is 21.4. The normalized spacial score (nSPS) is 17.4. The van der Waals surface area contributed by atoms with Gasteiger partial charge in [-0.05, 0) is 36.8 Å². The molecule has 2 aliphatic rings. The molecule has 0 radical (unpaired) electrons. The second kappa shape index (κ2) is 7.96. The first-order valence-electron chi connectivity index (χ1n) is 9.94. The maximum Gasteiger partial charge on any atom is 0.255 e. The number of carbonyl (C=O) groups is 1. The Morgan fingerprint density at radius 1 is 1.19 bits per heavy atom. The number of allylic oxidation sites excluding steroid dienone is 1. The van der Waals surface area contributed by atoms with Crippen LogP contribution < -0.4 is 20.1 Å². The summed E-state index contributed by atoms with van der Waals surface area (Å²) < 4.78 is 13.3. The molecule has 3 aromatic rings. The molecule has 0 saturated carbocycles. The average molecular weight is 438 g/mol. The first-order chi connectivity index (χ1) is 15.1. The highest BCUT2D eigenvalue weighted by atomic mass is 35.5. The maximum absolute atomic E-state index is 13.4. The highest BCUT2D eigenvalue weighted by Crippen LogP contribution is 2.39. The molecule has 1 unspecified atom stereocenters. The number of para-hydroxylation sites is 1. The van der Waals surface area contributed by atoms with E-state index in [4.69, 9.17) is 21.1 Å². The van der Waals surface area contributed by atoms with Crippen LogP contribution in [0.5, 0.6) is 11.5 Å². The van der Waals surface area contributed by atoms with E-state index in [1.165, 1.54) is 6.33 Å². The van der Waals surface area contributed by atoms with Crippen molar-refractivity contribution in [3.8, 4) is 11.5 Å². The Labute approximate surface area is 183 Å². The molecule has 1 atom stereocenters. The fourth-order valence-electron chi connectivity index (χ4n) is 3.80. The summed E-state index contributed by atoms with van der Waals surface area (Å²) in [5.41, 5.74) is 2.56. The number of amides is 1. The standard InChI is InChI=1S/C22H20ClN5O3/c1-13-19(21(29)27-16-6-3-2-5-15(16)23)20(28-22(26-13)24-12-25-28)14-7-8-17-18(11-14)31-10-4-9-30-17/h2-3,5-8,11-12,20H,4,9-10H2,1H3,(H,27,29)(H,24,25,26). The summed E-state index contributed by atoms with van der Waals surface area (Å²) in [6.45, 7) is 3.03. The lowest BCUT2D eigenvalue weighted by molar-refractivity contribution is -0.113. The van der Waals surface area contributed by atoms with Crippen LogP contribution >= 0.6 is 11.6 Å². The molecule has 5 rings (SSSR count). The van der Waals surface area contributed by atoms with Crippen molar-refractivity contribution in [1.82, 2.24) is 14.8 Å². The number of benzene rings is 2. The van der Waals surface area contributed by atoms with Crippen LogP contribution in [-0.4, -0.2) is 33.9 Å². The molecule has 0 saturated heterocycles. The minimum Gasteiger partial charge on any atom is -0.490 e. The fourth-order valence-corrected chi connectivity index (χ4v) is 3.98. The Morgan fingerprint density at radius 3 is 2.84 bits per heavy atom. The summed E-state index contributed by atoms with van der Waals surface area (Å²) >= 11 is 6.25. The molecule has 31 heavy (non-hydrogen) atoms. The van der Waals surface area contributed by atoms with E-state index >= 15 is 0 Å². The number of nitrogens with zero attached hydrogens (tertiary/aromatic N) is 3. The van der Waals surface area contributed by atoms with Gasteiger partial charge in [0.25, 0.3) is 5.91 Å². The van der Waals surface area contributed by atoms with E-state index in [0.717, 1.165) is 12.0 Å². The van der Waals surface area contributed by atoms with Crippen molar-refractivity contribution in [3.05, 3.63) is 70.6 Å². The van der Waals surface area contributed by atoms with Crippen LogP contribution in [0.4, 0.5) is 11.6 Å². The van der Waals surface area contributed by atoms with Crippen molar-refractivity contribution >= 4 is 29.1 Å². The molecule has 2 aliphatic heterocycles. The van der Waals surface area contributed by atoms with Gasteiger partial charge in [0.15, 0.2) is 11.5 Å². The lowest BCUT2D eigenvalue weighted by Gasteiger charge is -2.29. The molecule has 9 heteroatoms. The van der Waals surface area contributed by atoms with E-state index < -0.39 is 6.04 Å². The highest BCUT2D eigenvalue weighted by molar-refractivity contribution is 6.33. The quantitative estimate of drug-likeness (QED) is 0.643. The summed E-state index contributed by atoms with van der Waals surface area (Å²) in [5, 5.41) is 10.9. The third-order valence-corrected chi connectivity index (χ3v) is 5.58. The van der Waals surface area contributed by atoms with Gasteiger partial charge in [0.1, 0.15) is 12.4 Å². The summed E-state index contributed by atoms with van der Waals surface area (Å²) in [4.78, 5) is 17.7. The highest BCUT2D eigenvalue weighted by Gasteiger charge is 2.34. The van der Waals surface area contributed by atoms with Crippen molar-refractivity contribution < 1.29 is 14.3 Å². The molecule has 0 fully saturated rings. The molecule has 0 aliphatic carbocycles. The third-order valence-electron chi connectivity index (χ3n) is 5.25. The van der Waals surface area contributed by atoms with Gasteiger partial charge in [-0.15, -0.1) is 0 Å². The zero-order valence-electron chi connectivity index (χ0n) is 16.8. The van der Waals surface area contributed by atoms with Crippen LogP contribution in [-0.2, 0) is 4.79 Å². The van der Waals surface area contributed by atoms with Gasteiger partial charge >= 0.3 is 0 Å². The summed E-state index contributed by atoms with van der Waals surface area (Å²) in [6, 6.07) is 12.3. The number of aromatic nitrogens is 3. The number of carbonyl (C=O) groups excluding carboxylic acids is 1. The lowest BCUT2D eigenvalue weighted by Crippen LogP contribution is -2.31. The molecule has 0 spiro atoms. The fraction of sp³-hybridized carbons (Fsp3) is 0.227. The van der Waals surface area contributed by atoms with Crippen LogP contribution in [0.15, 0.2) is 60.1 Å². The number of ether oxygens (including phenoxy) is 2. The van der Waals surface area contributed by atoms with E-state index in [1.54, 1.807) is 16.8 Å². The predicted octanol–water partition coefficient (Wildman–Crippen LogP) is 4.02. The smallest absolute Gasteiger partial charge is 0.255 e. The Hall–Kier alpha value is -3.52. The van der Waals surface area contributed by atoms with Gasteiger partial charge in [-0.3, -0.25) is 4.79 Å². The Balaban J connectivity index is 1.57. The number of hydrogen-bond donors (Lipinski definition) is 2. The van der Waals surface area contributed by atoms with Crippen LogP contribution in [0.3, 0.4) is 0 Å². The summed E-state index contributed by atoms with van der Waals surface area (Å²) in [6.07, 6.45) is 2.27. The molecule has 1 amide bonds. The molecule has 0 bridgehead atoms. The maximum atomic E-state index is 13.4. The number of anilines is 2. The number of halogens is 1. The lowest BCUT2D eigenvalue weighted by atomic mass is 9.94. The number of fused-ring (bicyclic) bond motifs is 2. The van der Waals surface area contributed by atoms with Crippen molar-refractivity contribution in [1.29, 1.82) is 0 Å². The Bertz CT molecular complexity index is 1190. The molecule has 2 N–H and O–H groups in total. The number of nitrogens with one attached hydrogen (secondary N) is 2. The van der Waals surface area contributed by atoms with Gasteiger partial charge in [-0.25, -0.2) is 4.68 Å². The molecular weight excluding hydrogens is 418 g/mol. The minimum absolute atomic E-state index is 0.281. The second-order valence-electron chi connectivity index (χ2n) is 7.29. The van der Waals surface area contributed by atoms with Gasteiger partial charge in [-0.2, -0.15) is 10.1 Å². The Morgan fingerprint density at radius 2 is 2.00 bits per heavy atom. The molecule has 158 valence electrons. The topological polar surface area (TPSA) is 90.3 Å². The van der Waals surface area contributed by atoms with Gasteiger partial charge in [0.2, 0.25) is 5.95 Å². The van der Waals surface area contributed by atoms with E-state index in [0.29, 0.717) is 52.6 Å². The molecule has 3 heterocycles. The predicted molar refractivity (Wildman–Crippen MR) is 117 cm³/mol. The van der Waals surface area contributed by atoms with Gasteiger partial charge in [0, 0.05) is 12.1 Å². The van der Waals surface area contributed by atoms with E-state index in [1.807, 2.05) is 37.3 Å². The van der Waals surface area contributed by atoms with Crippen molar-refractivity contribution in [2.24, 2.45) is 0 Å². The largest absolute Gasteiger partial charge is 0.490 e. The summed E-state index contributed by atoms with van der Waals surface area (Å²) in [5.74, 6) is 1.62. The van der Waals surface area contributed by atoms with Crippen LogP contribution in [0.2, 0.25) is 5.02 Å². The minimum atomic E-state index is -0.501. The first-order valence-corrected chi connectivity index (χ1v) is 10.3. The molecular formula is C22H20ClN5O3. The Kier molecular flexibility index (Phi) is 4.99.